The average molecular weight is 793 g/mol. The van der Waals surface area contributed by atoms with Crippen molar-refractivity contribution in [3.63, 3.8) is 0 Å². The first-order chi connectivity index (χ1) is 30.7. The lowest BCUT2D eigenvalue weighted by Crippen LogP contribution is -2.06. The van der Waals surface area contributed by atoms with Gasteiger partial charge in [0.2, 0.25) is 5.95 Å². The van der Waals surface area contributed by atoms with Crippen LogP contribution in [-0.2, 0) is 0 Å². The normalized spacial score (nSPS) is 11.5. The molecule has 12 rings (SSSR count). The summed E-state index contributed by atoms with van der Waals surface area (Å²) in [6.45, 7) is 0. The van der Waals surface area contributed by atoms with E-state index in [4.69, 9.17) is 19.9 Å². The Morgan fingerprint density at radius 2 is 0.710 bits per heavy atom. The SMILES string of the molecule is c1ccc(-c2cc(-c3cccc(-n4c5ccccc5c5cc6c7ccccc7n(-c7nc(-c8ccccc8)nc(-c8ccccc8)n7)c6cc54)c3)cc(-c3ccccc3)n2)cc1. The van der Waals surface area contributed by atoms with Crippen LogP contribution in [0, 0.1) is 0 Å². The van der Waals surface area contributed by atoms with Gasteiger partial charge in [-0.15, -0.1) is 0 Å². The minimum Gasteiger partial charge on any atom is -0.309 e. The van der Waals surface area contributed by atoms with E-state index >= 15 is 0 Å². The van der Waals surface area contributed by atoms with Crippen LogP contribution < -0.4 is 0 Å². The summed E-state index contributed by atoms with van der Waals surface area (Å²) in [6.07, 6.45) is 0. The molecule has 0 amide bonds. The minimum atomic E-state index is 0.564. The van der Waals surface area contributed by atoms with E-state index < -0.39 is 0 Å². The zero-order valence-electron chi connectivity index (χ0n) is 33.5. The lowest BCUT2D eigenvalue weighted by molar-refractivity contribution is 0.953. The zero-order valence-corrected chi connectivity index (χ0v) is 33.5. The van der Waals surface area contributed by atoms with Gasteiger partial charge in [0.05, 0.1) is 33.5 Å². The maximum absolute atomic E-state index is 5.21. The third-order valence-corrected chi connectivity index (χ3v) is 11.8. The summed E-state index contributed by atoms with van der Waals surface area (Å²) in [5.41, 5.74) is 13.4. The molecule has 290 valence electrons. The molecule has 0 saturated heterocycles. The standard InChI is InChI=1S/C56H36N6/c1-5-18-37(19-6-1)48-33-42(34-49(57-48)38-20-7-2-8-21-38)41-26-17-27-43(32-41)61-50-30-15-13-28-44(50)46-35-47-45-29-14-16-31-51(45)62(53(47)36-52(46)61)56-59-54(39-22-9-3-10-23-39)58-55(60-56)40-24-11-4-12-25-40/h1-36H. The van der Waals surface area contributed by atoms with Crippen LogP contribution in [0.25, 0.3) is 112 Å². The van der Waals surface area contributed by atoms with Crippen molar-refractivity contribution in [2.24, 2.45) is 0 Å². The number of aromatic nitrogens is 6. The van der Waals surface area contributed by atoms with Crippen molar-refractivity contribution in [2.75, 3.05) is 0 Å². The predicted molar refractivity (Wildman–Crippen MR) is 253 cm³/mol. The van der Waals surface area contributed by atoms with Gasteiger partial charge in [-0.1, -0.05) is 170 Å². The van der Waals surface area contributed by atoms with Crippen molar-refractivity contribution in [1.82, 2.24) is 29.1 Å². The van der Waals surface area contributed by atoms with E-state index in [-0.39, 0.29) is 0 Å². The maximum atomic E-state index is 5.21. The Balaban J connectivity index is 1.10. The molecule has 4 aromatic heterocycles. The lowest BCUT2D eigenvalue weighted by Gasteiger charge is -2.13. The van der Waals surface area contributed by atoms with E-state index in [9.17, 15) is 0 Å². The number of para-hydroxylation sites is 2. The summed E-state index contributed by atoms with van der Waals surface area (Å²) in [5, 5.41) is 4.62. The molecule has 0 N–H and O–H groups in total. The molecule has 0 radical (unpaired) electrons. The van der Waals surface area contributed by atoms with Crippen molar-refractivity contribution >= 4 is 43.6 Å². The highest BCUT2D eigenvalue weighted by Gasteiger charge is 2.21. The number of pyridine rings is 1. The Hall–Kier alpha value is -8.48. The van der Waals surface area contributed by atoms with Gasteiger partial charge < -0.3 is 4.57 Å². The molecule has 8 aromatic carbocycles. The van der Waals surface area contributed by atoms with E-state index in [1.54, 1.807) is 0 Å². The molecule has 6 heteroatoms. The van der Waals surface area contributed by atoms with E-state index in [0.717, 1.165) is 83.3 Å². The number of hydrogen-bond acceptors (Lipinski definition) is 4. The molecule has 0 bridgehead atoms. The third-order valence-electron chi connectivity index (χ3n) is 11.8. The molecular formula is C56H36N6. The van der Waals surface area contributed by atoms with Gasteiger partial charge in [-0.05, 0) is 59.7 Å². The summed E-state index contributed by atoms with van der Waals surface area (Å²) in [4.78, 5) is 20.6. The van der Waals surface area contributed by atoms with Gasteiger partial charge in [0, 0.05) is 49.5 Å². The van der Waals surface area contributed by atoms with Crippen molar-refractivity contribution in [3.05, 3.63) is 218 Å². The molecule has 0 fully saturated rings. The molecular weight excluding hydrogens is 757 g/mol. The van der Waals surface area contributed by atoms with Gasteiger partial charge in [-0.3, -0.25) is 4.57 Å². The first kappa shape index (κ1) is 35.5. The Kier molecular flexibility index (Phi) is 8.38. The van der Waals surface area contributed by atoms with Gasteiger partial charge in [0.1, 0.15) is 0 Å². The monoisotopic (exact) mass is 792 g/mol. The van der Waals surface area contributed by atoms with Crippen molar-refractivity contribution < 1.29 is 0 Å². The molecule has 0 aliphatic heterocycles. The third kappa shape index (κ3) is 6.04. The largest absolute Gasteiger partial charge is 0.309 e. The van der Waals surface area contributed by atoms with Gasteiger partial charge in [0.15, 0.2) is 11.6 Å². The summed E-state index contributed by atoms with van der Waals surface area (Å²) >= 11 is 0. The van der Waals surface area contributed by atoms with Gasteiger partial charge in [-0.25, -0.2) is 9.97 Å². The summed E-state index contributed by atoms with van der Waals surface area (Å²) < 4.78 is 4.60. The summed E-state index contributed by atoms with van der Waals surface area (Å²) in [6, 6.07) is 76.3. The van der Waals surface area contributed by atoms with E-state index in [0.29, 0.717) is 17.6 Å². The number of rotatable bonds is 7. The maximum Gasteiger partial charge on any atom is 0.238 e. The summed E-state index contributed by atoms with van der Waals surface area (Å²) in [7, 11) is 0. The van der Waals surface area contributed by atoms with Crippen molar-refractivity contribution in [2.45, 2.75) is 0 Å². The van der Waals surface area contributed by atoms with Gasteiger partial charge >= 0.3 is 0 Å². The number of fused-ring (bicyclic) bond motifs is 6. The molecule has 12 aromatic rings. The topological polar surface area (TPSA) is 61.4 Å². The Bertz CT molecular complexity index is 3500. The molecule has 4 heterocycles. The van der Waals surface area contributed by atoms with Crippen LogP contribution >= 0.6 is 0 Å². The number of hydrogen-bond donors (Lipinski definition) is 0. The van der Waals surface area contributed by atoms with Crippen molar-refractivity contribution in [1.29, 1.82) is 0 Å². The molecule has 0 spiro atoms. The first-order valence-corrected chi connectivity index (χ1v) is 20.8. The van der Waals surface area contributed by atoms with E-state index in [2.05, 4.69) is 155 Å². The van der Waals surface area contributed by atoms with E-state index in [1.807, 2.05) is 72.8 Å². The fourth-order valence-corrected chi connectivity index (χ4v) is 8.86. The van der Waals surface area contributed by atoms with Gasteiger partial charge in [-0.2, -0.15) is 9.97 Å². The van der Waals surface area contributed by atoms with Crippen LogP contribution in [-0.4, -0.2) is 29.1 Å². The first-order valence-electron chi connectivity index (χ1n) is 20.8. The molecule has 0 aliphatic carbocycles. The van der Waals surface area contributed by atoms with Gasteiger partial charge in [0.25, 0.3) is 0 Å². The smallest absolute Gasteiger partial charge is 0.238 e. The molecule has 0 saturated carbocycles. The minimum absolute atomic E-state index is 0.564. The second-order valence-corrected chi connectivity index (χ2v) is 15.5. The van der Waals surface area contributed by atoms with E-state index in [1.165, 1.54) is 10.8 Å². The second-order valence-electron chi connectivity index (χ2n) is 15.5. The fourth-order valence-electron chi connectivity index (χ4n) is 8.86. The Labute approximate surface area is 357 Å². The molecule has 0 unspecified atom stereocenters. The summed E-state index contributed by atoms with van der Waals surface area (Å²) in [5.74, 6) is 1.80. The molecule has 6 nitrogen and oxygen atoms in total. The van der Waals surface area contributed by atoms with Crippen LogP contribution in [0.4, 0.5) is 0 Å². The number of benzene rings is 8. The highest BCUT2D eigenvalue weighted by Crippen LogP contribution is 2.40. The van der Waals surface area contributed by atoms with Crippen LogP contribution in [0.15, 0.2) is 218 Å². The average Bonchev–Trinajstić information content (AvgIpc) is 3.86. The highest BCUT2D eigenvalue weighted by molar-refractivity contribution is 6.19. The van der Waals surface area contributed by atoms with Crippen LogP contribution in [0.1, 0.15) is 0 Å². The molecule has 62 heavy (non-hydrogen) atoms. The van der Waals surface area contributed by atoms with Crippen LogP contribution in [0.5, 0.6) is 0 Å². The lowest BCUT2D eigenvalue weighted by atomic mass is 9.99. The van der Waals surface area contributed by atoms with Crippen LogP contribution in [0.3, 0.4) is 0 Å². The highest BCUT2D eigenvalue weighted by atomic mass is 15.2. The second kappa shape index (κ2) is 14.7. The molecule has 0 atom stereocenters. The molecule has 0 aliphatic rings. The quantitative estimate of drug-likeness (QED) is 0.161. The van der Waals surface area contributed by atoms with Crippen molar-refractivity contribution in [3.8, 4) is 68.1 Å². The zero-order chi connectivity index (χ0) is 41.0. The Morgan fingerprint density at radius 3 is 1.26 bits per heavy atom. The predicted octanol–water partition coefficient (Wildman–Crippen LogP) is 13.8. The van der Waals surface area contributed by atoms with Crippen LogP contribution in [0.2, 0.25) is 0 Å². The fraction of sp³-hybridized carbons (Fsp3) is 0. The Morgan fingerprint density at radius 1 is 0.258 bits per heavy atom. The number of nitrogens with zero attached hydrogens (tertiary/aromatic N) is 6.